The second kappa shape index (κ2) is 7.70. The largest absolute Gasteiger partial charge is 0.454 e. The van der Waals surface area contributed by atoms with Gasteiger partial charge in [0.25, 0.3) is 5.91 Å². The van der Waals surface area contributed by atoms with Gasteiger partial charge in [0, 0.05) is 30.8 Å². The Kier molecular flexibility index (Phi) is 4.74. The number of anilines is 1. The molecule has 1 atom stereocenters. The van der Waals surface area contributed by atoms with Crippen molar-refractivity contribution in [3.05, 3.63) is 59.9 Å². The molecule has 0 saturated carbocycles. The Bertz CT molecular complexity index is 1070. The second-order valence-electron chi connectivity index (χ2n) is 7.47. The van der Waals surface area contributed by atoms with Gasteiger partial charge in [0.05, 0.1) is 5.69 Å². The Morgan fingerprint density at radius 2 is 1.97 bits per heavy atom. The Labute approximate surface area is 172 Å². The van der Waals surface area contributed by atoms with E-state index in [4.69, 9.17) is 9.47 Å². The molecule has 0 bridgehead atoms. The molecule has 2 aliphatic heterocycles. The zero-order valence-corrected chi connectivity index (χ0v) is 16.2. The van der Waals surface area contributed by atoms with E-state index in [0.29, 0.717) is 23.6 Å². The Morgan fingerprint density at radius 1 is 1.13 bits per heavy atom. The highest BCUT2D eigenvalue weighted by Gasteiger charge is 2.24. The third kappa shape index (κ3) is 3.68. The summed E-state index contributed by atoms with van der Waals surface area (Å²) in [6.07, 6.45) is 1.85. The second-order valence-corrected chi connectivity index (χ2v) is 7.47. The number of carbonyl (C=O) groups is 1. The number of rotatable bonds is 4. The normalized spacial score (nSPS) is 17.8. The number of aromatic nitrogens is 2. The predicted octanol–water partition coefficient (Wildman–Crippen LogP) is 3.34. The van der Waals surface area contributed by atoms with Crippen molar-refractivity contribution in [1.82, 2.24) is 15.5 Å². The van der Waals surface area contributed by atoms with Crippen LogP contribution in [0.4, 0.5) is 10.2 Å². The minimum atomic E-state index is -0.268. The fourth-order valence-corrected chi connectivity index (χ4v) is 3.86. The number of aromatic amines is 1. The van der Waals surface area contributed by atoms with E-state index in [-0.39, 0.29) is 24.6 Å². The van der Waals surface area contributed by atoms with E-state index in [1.165, 1.54) is 12.1 Å². The molecule has 0 spiro atoms. The van der Waals surface area contributed by atoms with Crippen molar-refractivity contribution in [2.45, 2.75) is 18.9 Å². The maximum absolute atomic E-state index is 13.2. The highest BCUT2D eigenvalue weighted by atomic mass is 19.1. The number of carbonyl (C=O) groups excluding carboxylic acids is 1. The Morgan fingerprint density at radius 3 is 2.83 bits per heavy atom. The molecule has 5 rings (SSSR count). The van der Waals surface area contributed by atoms with Crippen molar-refractivity contribution in [1.29, 1.82) is 0 Å². The van der Waals surface area contributed by atoms with Crippen molar-refractivity contribution < 1.29 is 18.7 Å². The molecule has 1 saturated heterocycles. The summed E-state index contributed by atoms with van der Waals surface area (Å²) in [5, 5.41) is 10.5. The number of ether oxygens (including phenoxy) is 2. The van der Waals surface area contributed by atoms with Gasteiger partial charge in [-0.15, -0.1) is 0 Å². The quantitative estimate of drug-likeness (QED) is 0.692. The Hall–Kier alpha value is -3.55. The minimum absolute atomic E-state index is 0.0163. The summed E-state index contributed by atoms with van der Waals surface area (Å²) >= 11 is 0. The van der Waals surface area contributed by atoms with Gasteiger partial charge in [-0.3, -0.25) is 9.89 Å². The lowest BCUT2D eigenvalue weighted by Crippen LogP contribution is -2.48. The molecule has 30 heavy (non-hydrogen) atoms. The molecule has 1 fully saturated rings. The van der Waals surface area contributed by atoms with E-state index in [0.717, 1.165) is 36.5 Å². The first-order chi connectivity index (χ1) is 14.7. The third-order valence-electron chi connectivity index (χ3n) is 5.43. The molecule has 7 nitrogen and oxygen atoms in total. The van der Waals surface area contributed by atoms with Gasteiger partial charge in [0.2, 0.25) is 6.79 Å². The van der Waals surface area contributed by atoms with Crippen molar-refractivity contribution in [3.63, 3.8) is 0 Å². The molecule has 154 valence electrons. The van der Waals surface area contributed by atoms with Gasteiger partial charge < -0.3 is 19.7 Å². The zero-order chi connectivity index (χ0) is 20.5. The first-order valence-corrected chi connectivity index (χ1v) is 9.92. The summed E-state index contributed by atoms with van der Waals surface area (Å²) < 4.78 is 23.8. The molecule has 0 unspecified atom stereocenters. The van der Waals surface area contributed by atoms with Gasteiger partial charge >= 0.3 is 0 Å². The van der Waals surface area contributed by atoms with E-state index in [1.807, 2.05) is 6.07 Å². The number of piperidine rings is 1. The van der Waals surface area contributed by atoms with E-state index in [9.17, 15) is 9.18 Å². The summed E-state index contributed by atoms with van der Waals surface area (Å²) in [5.74, 6) is 1.67. The van der Waals surface area contributed by atoms with E-state index >= 15 is 0 Å². The molecule has 2 N–H and O–H groups in total. The first-order valence-electron chi connectivity index (χ1n) is 9.92. The van der Waals surface area contributed by atoms with Crippen LogP contribution >= 0.6 is 0 Å². The Balaban J connectivity index is 1.25. The van der Waals surface area contributed by atoms with Crippen LogP contribution in [0.3, 0.4) is 0 Å². The third-order valence-corrected chi connectivity index (χ3v) is 5.43. The van der Waals surface area contributed by atoms with Crippen LogP contribution in [0.2, 0.25) is 0 Å². The lowest BCUT2D eigenvalue weighted by molar-refractivity contribution is 0.0932. The van der Waals surface area contributed by atoms with Crippen molar-refractivity contribution >= 4 is 11.7 Å². The molecule has 3 heterocycles. The van der Waals surface area contributed by atoms with E-state index in [2.05, 4.69) is 20.4 Å². The van der Waals surface area contributed by atoms with Gasteiger partial charge in [-0.2, -0.15) is 5.10 Å². The number of H-pyrrole nitrogens is 1. The van der Waals surface area contributed by atoms with Crippen molar-refractivity contribution in [2.75, 3.05) is 24.8 Å². The average molecular weight is 408 g/mol. The van der Waals surface area contributed by atoms with Crippen LogP contribution in [0.25, 0.3) is 11.3 Å². The van der Waals surface area contributed by atoms with Gasteiger partial charge in [0.15, 0.2) is 17.3 Å². The van der Waals surface area contributed by atoms with Crippen molar-refractivity contribution in [3.8, 4) is 22.8 Å². The summed E-state index contributed by atoms with van der Waals surface area (Å²) in [6.45, 7) is 1.72. The standard InChI is InChI=1S/C22H21FN4O3/c23-16-6-3-14(4-7-16)18-11-21(26-25-18)27-9-1-2-17(12-27)24-22(28)15-5-8-19-20(10-15)30-13-29-19/h3-8,10-11,17H,1-2,9,12-13H2,(H,24,28)(H,25,26)/t17-/m1/s1. The lowest BCUT2D eigenvalue weighted by atomic mass is 10.0. The molecule has 1 amide bonds. The van der Waals surface area contributed by atoms with Gasteiger partial charge in [0.1, 0.15) is 5.82 Å². The summed E-state index contributed by atoms with van der Waals surface area (Å²) in [4.78, 5) is 14.8. The highest BCUT2D eigenvalue weighted by Crippen LogP contribution is 2.32. The number of nitrogens with one attached hydrogen (secondary N) is 2. The fourth-order valence-electron chi connectivity index (χ4n) is 3.86. The number of halogens is 1. The molecule has 3 aromatic rings. The van der Waals surface area contributed by atoms with Crippen LogP contribution in [0.15, 0.2) is 48.5 Å². The van der Waals surface area contributed by atoms with Crippen LogP contribution < -0.4 is 19.7 Å². The SMILES string of the molecule is O=C(N[C@@H]1CCCN(c2cc(-c3ccc(F)cc3)[nH]n2)C1)c1ccc2c(c1)OCO2. The average Bonchev–Trinajstić information content (AvgIpc) is 3.44. The zero-order valence-electron chi connectivity index (χ0n) is 16.2. The summed E-state index contributed by atoms with van der Waals surface area (Å²) in [6, 6.07) is 13.5. The number of hydrogen-bond acceptors (Lipinski definition) is 5. The molecule has 2 aromatic carbocycles. The number of hydrogen-bond donors (Lipinski definition) is 2. The molecule has 8 heteroatoms. The van der Waals surface area contributed by atoms with Crippen molar-refractivity contribution in [2.24, 2.45) is 0 Å². The minimum Gasteiger partial charge on any atom is -0.454 e. The molecule has 0 radical (unpaired) electrons. The van der Waals surface area contributed by atoms with Gasteiger partial charge in [-0.25, -0.2) is 4.39 Å². The number of benzene rings is 2. The lowest BCUT2D eigenvalue weighted by Gasteiger charge is -2.33. The maximum atomic E-state index is 13.2. The molecule has 0 aliphatic carbocycles. The van der Waals surface area contributed by atoms with Gasteiger partial charge in [-0.05, 0) is 60.9 Å². The molecule has 2 aliphatic rings. The highest BCUT2D eigenvalue weighted by molar-refractivity contribution is 5.95. The fraction of sp³-hybridized carbons (Fsp3) is 0.273. The van der Waals surface area contributed by atoms with Crippen LogP contribution in [0.1, 0.15) is 23.2 Å². The number of amides is 1. The monoisotopic (exact) mass is 408 g/mol. The van der Waals surface area contributed by atoms with Crippen LogP contribution in [0.5, 0.6) is 11.5 Å². The number of fused-ring (bicyclic) bond motifs is 1. The number of nitrogens with zero attached hydrogens (tertiary/aromatic N) is 2. The predicted molar refractivity (Wildman–Crippen MR) is 109 cm³/mol. The molecular formula is C22H21FN4O3. The summed E-state index contributed by atoms with van der Waals surface area (Å²) in [5.41, 5.74) is 2.26. The van der Waals surface area contributed by atoms with Crippen LogP contribution in [-0.2, 0) is 0 Å². The topological polar surface area (TPSA) is 79.5 Å². The van der Waals surface area contributed by atoms with Crippen LogP contribution in [0, 0.1) is 5.82 Å². The van der Waals surface area contributed by atoms with E-state index < -0.39 is 0 Å². The summed E-state index contributed by atoms with van der Waals surface area (Å²) in [7, 11) is 0. The smallest absolute Gasteiger partial charge is 0.251 e. The molecular weight excluding hydrogens is 387 g/mol. The first kappa shape index (κ1) is 18.5. The van der Waals surface area contributed by atoms with E-state index in [1.54, 1.807) is 30.3 Å². The van der Waals surface area contributed by atoms with Gasteiger partial charge in [-0.1, -0.05) is 0 Å². The van der Waals surface area contributed by atoms with Crippen LogP contribution in [-0.4, -0.2) is 42.0 Å². The maximum Gasteiger partial charge on any atom is 0.251 e. The molecule has 1 aromatic heterocycles.